The van der Waals surface area contributed by atoms with Crippen LogP contribution in [0.3, 0.4) is 0 Å². The standard InChI is InChI=1S/C30H37FN2/c1-10-13-28(18-17-27(20-32-9)24(5)22(2)3)33-21-29-23(4)15-16-26(29)14-11-12-19-30(7,8)25(6)31/h10-11,14,17-18,20-21,25H,1-2,4-5,13,15-16H2,3,6-9H3/b14-11-,27-17+,28-18+,32-20?,33-21?. The zero-order valence-electron chi connectivity index (χ0n) is 20.8. The molecule has 0 amide bonds. The molecule has 33 heavy (non-hydrogen) atoms. The third-order valence-corrected chi connectivity index (χ3v) is 5.48. The van der Waals surface area contributed by atoms with E-state index in [1.54, 1.807) is 33.2 Å². The molecule has 1 unspecified atom stereocenters. The Hall–Kier alpha value is -3.25. The van der Waals surface area contributed by atoms with Crippen molar-refractivity contribution in [2.24, 2.45) is 15.4 Å². The molecule has 0 fully saturated rings. The molecule has 3 heteroatoms. The lowest BCUT2D eigenvalue weighted by molar-refractivity contribution is 0.221. The molecule has 1 aliphatic carbocycles. The van der Waals surface area contributed by atoms with E-state index in [9.17, 15) is 4.39 Å². The van der Waals surface area contributed by atoms with E-state index in [-0.39, 0.29) is 0 Å². The van der Waals surface area contributed by atoms with Crippen molar-refractivity contribution in [1.82, 2.24) is 0 Å². The second kappa shape index (κ2) is 13.3. The van der Waals surface area contributed by atoms with Crippen LogP contribution in [-0.4, -0.2) is 25.6 Å². The minimum absolute atomic E-state index is 0.621. The molecule has 0 spiro atoms. The largest absolute Gasteiger partial charge is 0.296 e. The summed E-state index contributed by atoms with van der Waals surface area (Å²) in [6, 6.07) is 0. The number of aliphatic imine (C=N–C) groups is 2. The van der Waals surface area contributed by atoms with E-state index in [0.29, 0.717) is 6.42 Å². The van der Waals surface area contributed by atoms with Gasteiger partial charge in [-0.25, -0.2) is 4.39 Å². The first-order valence-electron chi connectivity index (χ1n) is 11.1. The van der Waals surface area contributed by atoms with E-state index in [0.717, 1.165) is 52.0 Å². The maximum Gasteiger partial charge on any atom is 0.113 e. The van der Waals surface area contributed by atoms with Gasteiger partial charge in [-0.1, -0.05) is 49.3 Å². The minimum atomic E-state index is -0.993. The smallest absolute Gasteiger partial charge is 0.113 e. The molecular weight excluding hydrogens is 407 g/mol. The maximum absolute atomic E-state index is 13.6. The molecule has 0 radical (unpaired) electrons. The van der Waals surface area contributed by atoms with Gasteiger partial charge in [0.2, 0.25) is 0 Å². The molecule has 1 rings (SSSR count). The van der Waals surface area contributed by atoms with Crippen molar-refractivity contribution in [3.05, 3.63) is 95.8 Å². The van der Waals surface area contributed by atoms with Gasteiger partial charge in [-0.2, -0.15) is 0 Å². The Labute approximate surface area is 200 Å². The first kappa shape index (κ1) is 27.8. The molecule has 0 aromatic heterocycles. The monoisotopic (exact) mass is 444 g/mol. The quantitative estimate of drug-likeness (QED) is 0.142. The molecule has 0 aromatic carbocycles. The second-order valence-corrected chi connectivity index (χ2v) is 8.66. The minimum Gasteiger partial charge on any atom is -0.296 e. The van der Waals surface area contributed by atoms with E-state index in [1.807, 2.05) is 37.4 Å². The van der Waals surface area contributed by atoms with E-state index in [4.69, 9.17) is 4.99 Å². The van der Waals surface area contributed by atoms with Crippen molar-refractivity contribution in [3.63, 3.8) is 0 Å². The molecule has 2 nitrogen and oxygen atoms in total. The summed E-state index contributed by atoms with van der Waals surface area (Å²) in [5.74, 6) is 5.97. The van der Waals surface area contributed by atoms with Gasteiger partial charge in [0.1, 0.15) is 6.17 Å². The molecule has 0 bridgehead atoms. The van der Waals surface area contributed by atoms with Crippen molar-refractivity contribution in [2.45, 2.75) is 53.1 Å². The van der Waals surface area contributed by atoms with Crippen LogP contribution >= 0.6 is 0 Å². The maximum atomic E-state index is 13.6. The molecule has 1 atom stereocenters. The van der Waals surface area contributed by atoms with Gasteiger partial charge < -0.3 is 0 Å². The lowest BCUT2D eigenvalue weighted by atomic mass is 9.89. The molecule has 174 valence electrons. The van der Waals surface area contributed by atoms with Crippen LogP contribution in [-0.2, 0) is 0 Å². The summed E-state index contributed by atoms with van der Waals surface area (Å²) >= 11 is 0. The average molecular weight is 445 g/mol. The summed E-state index contributed by atoms with van der Waals surface area (Å²) in [6.07, 6.45) is 14.5. The van der Waals surface area contributed by atoms with Gasteiger partial charge in [0.05, 0.1) is 5.41 Å². The Morgan fingerprint density at radius 3 is 2.52 bits per heavy atom. The van der Waals surface area contributed by atoms with Gasteiger partial charge in [0.25, 0.3) is 0 Å². The van der Waals surface area contributed by atoms with Crippen LogP contribution in [0.4, 0.5) is 4.39 Å². The van der Waals surface area contributed by atoms with Crippen LogP contribution in [0.5, 0.6) is 0 Å². The molecule has 0 heterocycles. The van der Waals surface area contributed by atoms with Gasteiger partial charge in [0, 0.05) is 31.6 Å². The van der Waals surface area contributed by atoms with Crippen molar-refractivity contribution >= 4 is 12.4 Å². The molecule has 0 N–H and O–H groups in total. The van der Waals surface area contributed by atoms with Crippen LogP contribution in [0.25, 0.3) is 0 Å². The zero-order valence-corrected chi connectivity index (χ0v) is 20.8. The summed E-state index contributed by atoms with van der Waals surface area (Å²) in [7, 11) is 1.73. The molecule has 0 aliphatic heterocycles. The number of hydrogen-bond acceptors (Lipinski definition) is 2. The van der Waals surface area contributed by atoms with E-state index in [1.165, 1.54) is 6.92 Å². The SMILES string of the molecule is C=CC/C(=C\C=C(/C=NC)C(=C)C(=C)C)N=CC1=C(/C=C\C#CC(C)(C)C(C)F)CCC1=C. The summed E-state index contributed by atoms with van der Waals surface area (Å²) in [4.78, 5) is 8.82. The van der Waals surface area contributed by atoms with Crippen LogP contribution < -0.4 is 0 Å². The fraction of sp³-hybridized carbons (Fsp3) is 0.333. The Balaban J connectivity index is 3.23. The fourth-order valence-corrected chi connectivity index (χ4v) is 2.85. The Kier molecular flexibility index (Phi) is 11.2. The third kappa shape index (κ3) is 9.02. The van der Waals surface area contributed by atoms with E-state index in [2.05, 4.69) is 43.1 Å². The third-order valence-electron chi connectivity index (χ3n) is 5.48. The highest BCUT2D eigenvalue weighted by atomic mass is 19.1. The molecule has 1 aliphatic rings. The first-order valence-corrected chi connectivity index (χ1v) is 11.1. The number of rotatable bonds is 10. The normalized spacial score (nSPS) is 16.6. The van der Waals surface area contributed by atoms with Crippen LogP contribution in [0.15, 0.2) is 106 Å². The number of allylic oxidation sites excluding steroid dienone is 11. The van der Waals surface area contributed by atoms with Crippen molar-refractivity contribution in [3.8, 4) is 11.8 Å². The van der Waals surface area contributed by atoms with Gasteiger partial charge in [-0.3, -0.25) is 9.98 Å². The van der Waals surface area contributed by atoms with Gasteiger partial charge >= 0.3 is 0 Å². The highest BCUT2D eigenvalue weighted by Gasteiger charge is 2.22. The Bertz CT molecular complexity index is 1020. The molecule has 0 saturated heterocycles. The van der Waals surface area contributed by atoms with Gasteiger partial charge in [0.15, 0.2) is 0 Å². The summed E-state index contributed by atoms with van der Waals surface area (Å²) in [6.45, 7) is 23.1. The highest BCUT2D eigenvalue weighted by Crippen LogP contribution is 2.30. The summed E-state index contributed by atoms with van der Waals surface area (Å²) in [5.41, 5.74) is 6.00. The number of nitrogens with zero attached hydrogens (tertiary/aromatic N) is 2. The first-order chi connectivity index (χ1) is 15.5. The molecule has 0 aromatic rings. The van der Waals surface area contributed by atoms with Crippen LogP contribution in [0.1, 0.15) is 47.0 Å². The fourth-order valence-electron chi connectivity index (χ4n) is 2.85. The van der Waals surface area contributed by atoms with Crippen LogP contribution in [0, 0.1) is 17.3 Å². The lowest BCUT2D eigenvalue weighted by Crippen LogP contribution is -2.20. The summed E-state index contributed by atoms with van der Waals surface area (Å²) < 4.78 is 13.6. The highest BCUT2D eigenvalue weighted by molar-refractivity contribution is 5.89. The number of alkyl halides is 1. The lowest BCUT2D eigenvalue weighted by Gasteiger charge is -2.18. The van der Waals surface area contributed by atoms with Gasteiger partial charge in [-0.05, 0) is 86.6 Å². The average Bonchev–Trinajstić information content (AvgIpc) is 3.10. The Morgan fingerprint density at radius 1 is 1.24 bits per heavy atom. The van der Waals surface area contributed by atoms with Crippen molar-refractivity contribution < 1.29 is 4.39 Å². The topological polar surface area (TPSA) is 24.7 Å². The molecular formula is C30H37FN2. The second-order valence-electron chi connectivity index (χ2n) is 8.66. The zero-order chi connectivity index (χ0) is 25.0. The number of hydrogen-bond donors (Lipinski definition) is 0. The van der Waals surface area contributed by atoms with E-state index < -0.39 is 11.6 Å². The predicted molar refractivity (Wildman–Crippen MR) is 145 cm³/mol. The number of halogens is 1. The van der Waals surface area contributed by atoms with E-state index >= 15 is 0 Å². The van der Waals surface area contributed by atoms with Crippen molar-refractivity contribution in [2.75, 3.05) is 7.05 Å². The van der Waals surface area contributed by atoms with Gasteiger partial charge in [-0.15, -0.1) is 6.58 Å². The molecule has 0 saturated carbocycles. The predicted octanol–water partition coefficient (Wildman–Crippen LogP) is 7.87. The van der Waals surface area contributed by atoms with Crippen molar-refractivity contribution in [1.29, 1.82) is 0 Å². The Morgan fingerprint density at radius 2 is 1.94 bits per heavy atom. The van der Waals surface area contributed by atoms with Crippen LogP contribution in [0.2, 0.25) is 0 Å². The summed E-state index contributed by atoms with van der Waals surface area (Å²) in [5, 5.41) is 0.